The van der Waals surface area contributed by atoms with E-state index in [1.165, 1.54) is 5.56 Å². The lowest BCUT2D eigenvalue weighted by Crippen LogP contribution is -2.47. The molecule has 2 fully saturated rings. The van der Waals surface area contributed by atoms with Crippen LogP contribution in [0.1, 0.15) is 18.4 Å². The number of methoxy groups -OCH3 is 1. The second-order valence-corrected chi connectivity index (χ2v) is 8.90. The highest BCUT2D eigenvalue weighted by molar-refractivity contribution is 7.91. The van der Waals surface area contributed by atoms with Crippen LogP contribution in [-0.4, -0.2) is 62.3 Å². The maximum Gasteiger partial charge on any atom is 0.154 e. The minimum absolute atomic E-state index is 0.0799. The third-order valence-corrected chi connectivity index (χ3v) is 6.79. The first-order valence-electron chi connectivity index (χ1n) is 8.22. The second-order valence-electron chi connectivity index (χ2n) is 6.74. The van der Waals surface area contributed by atoms with E-state index in [-0.39, 0.29) is 17.5 Å². The van der Waals surface area contributed by atoms with Crippen LogP contribution in [0.2, 0.25) is 0 Å². The summed E-state index contributed by atoms with van der Waals surface area (Å²) in [6, 6.07) is 7.99. The van der Waals surface area contributed by atoms with Crippen LogP contribution in [0.15, 0.2) is 24.3 Å². The van der Waals surface area contributed by atoms with Crippen molar-refractivity contribution in [1.29, 1.82) is 0 Å². The Hall–Kier alpha value is -1.11. The fourth-order valence-corrected chi connectivity index (χ4v) is 5.57. The average molecular weight is 339 g/mol. The normalized spacial score (nSPS) is 28.8. The standard InChI is InChI=1S/C17H25NO4S/c1-22-15-4-2-13(3-5-15)10-14-6-8-18(9-7-14)16-11-23(20,21)12-17(16)19/h2-5,14,16-17,19H,6-12H2,1H3/t16-,17-/m1/s1. The fourth-order valence-electron chi connectivity index (χ4n) is 3.74. The zero-order valence-corrected chi connectivity index (χ0v) is 14.3. The highest BCUT2D eigenvalue weighted by atomic mass is 32.2. The summed E-state index contributed by atoms with van der Waals surface area (Å²) in [5.41, 5.74) is 1.31. The van der Waals surface area contributed by atoms with Crippen molar-refractivity contribution in [2.24, 2.45) is 5.92 Å². The van der Waals surface area contributed by atoms with Crippen molar-refractivity contribution in [1.82, 2.24) is 4.90 Å². The monoisotopic (exact) mass is 339 g/mol. The van der Waals surface area contributed by atoms with Crippen molar-refractivity contribution in [2.75, 3.05) is 31.7 Å². The van der Waals surface area contributed by atoms with Crippen molar-refractivity contribution in [2.45, 2.75) is 31.4 Å². The molecule has 2 saturated heterocycles. The summed E-state index contributed by atoms with van der Waals surface area (Å²) in [6.45, 7) is 1.75. The SMILES string of the molecule is COc1ccc(CC2CCN([C@@H]3CS(=O)(=O)C[C@H]3O)CC2)cc1. The molecule has 0 aromatic heterocycles. The van der Waals surface area contributed by atoms with Crippen LogP contribution >= 0.6 is 0 Å². The minimum Gasteiger partial charge on any atom is -0.497 e. The number of hydrogen-bond acceptors (Lipinski definition) is 5. The van der Waals surface area contributed by atoms with Gasteiger partial charge in [-0.15, -0.1) is 0 Å². The Bertz CT molecular complexity index is 620. The highest BCUT2D eigenvalue weighted by Gasteiger charge is 2.40. The highest BCUT2D eigenvalue weighted by Crippen LogP contribution is 2.27. The van der Waals surface area contributed by atoms with E-state index in [0.717, 1.165) is 38.1 Å². The van der Waals surface area contributed by atoms with Gasteiger partial charge in [0.05, 0.1) is 30.8 Å². The van der Waals surface area contributed by atoms with Crippen LogP contribution in [0.25, 0.3) is 0 Å². The molecule has 0 aliphatic carbocycles. The van der Waals surface area contributed by atoms with E-state index in [2.05, 4.69) is 17.0 Å². The first-order valence-corrected chi connectivity index (χ1v) is 10.0. The lowest BCUT2D eigenvalue weighted by molar-refractivity contribution is 0.0587. The van der Waals surface area contributed by atoms with Gasteiger partial charge < -0.3 is 9.84 Å². The third kappa shape index (κ3) is 4.05. The summed E-state index contributed by atoms with van der Waals surface area (Å²) in [7, 11) is -1.40. The topological polar surface area (TPSA) is 66.8 Å². The third-order valence-electron chi connectivity index (χ3n) is 5.10. The number of aliphatic hydroxyl groups is 1. The van der Waals surface area contributed by atoms with E-state index in [4.69, 9.17) is 4.74 Å². The van der Waals surface area contributed by atoms with Crippen molar-refractivity contribution in [3.8, 4) is 5.75 Å². The van der Waals surface area contributed by atoms with Gasteiger partial charge in [-0.05, 0) is 56.0 Å². The summed E-state index contributed by atoms with van der Waals surface area (Å²) < 4.78 is 28.5. The Balaban J connectivity index is 1.52. The molecule has 2 heterocycles. The van der Waals surface area contributed by atoms with Gasteiger partial charge in [-0.1, -0.05) is 12.1 Å². The summed E-state index contributed by atoms with van der Waals surface area (Å²) in [5, 5.41) is 9.99. The zero-order chi connectivity index (χ0) is 16.4. The van der Waals surface area contributed by atoms with Crippen molar-refractivity contribution >= 4 is 9.84 Å². The number of nitrogens with zero attached hydrogens (tertiary/aromatic N) is 1. The number of rotatable bonds is 4. The van der Waals surface area contributed by atoms with Crippen molar-refractivity contribution in [3.05, 3.63) is 29.8 Å². The molecule has 5 nitrogen and oxygen atoms in total. The van der Waals surface area contributed by atoms with Crippen molar-refractivity contribution in [3.63, 3.8) is 0 Å². The Morgan fingerprint density at radius 1 is 1.17 bits per heavy atom. The van der Waals surface area contributed by atoms with E-state index in [1.54, 1.807) is 7.11 Å². The van der Waals surface area contributed by atoms with Gasteiger partial charge in [-0.2, -0.15) is 0 Å². The largest absolute Gasteiger partial charge is 0.497 e. The van der Waals surface area contributed by atoms with Gasteiger partial charge in [0.25, 0.3) is 0 Å². The maximum atomic E-state index is 11.7. The van der Waals surface area contributed by atoms with Gasteiger partial charge in [-0.3, -0.25) is 4.90 Å². The van der Waals surface area contributed by atoms with Gasteiger partial charge in [0.1, 0.15) is 5.75 Å². The average Bonchev–Trinajstić information content (AvgIpc) is 2.82. The van der Waals surface area contributed by atoms with Gasteiger partial charge in [0, 0.05) is 0 Å². The maximum absolute atomic E-state index is 11.7. The summed E-state index contributed by atoms with van der Waals surface area (Å²) in [6.07, 6.45) is 2.42. The Morgan fingerprint density at radius 3 is 2.35 bits per heavy atom. The molecular weight excluding hydrogens is 314 g/mol. The number of benzene rings is 1. The smallest absolute Gasteiger partial charge is 0.154 e. The van der Waals surface area contributed by atoms with Gasteiger partial charge in [0.2, 0.25) is 0 Å². The van der Waals surface area contributed by atoms with E-state index in [0.29, 0.717) is 5.92 Å². The van der Waals surface area contributed by atoms with E-state index < -0.39 is 15.9 Å². The van der Waals surface area contributed by atoms with Gasteiger partial charge in [0.15, 0.2) is 9.84 Å². The summed E-state index contributed by atoms with van der Waals surface area (Å²) in [5.74, 6) is 1.52. The van der Waals surface area contributed by atoms with Gasteiger partial charge in [-0.25, -0.2) is 8.42 Å². The number of sulfone groups is 1. The Labute approximate surface area is 138 Å². The number of likely N-dealkylation sites (tertiary alicyclic amines) is 1. The molecule has 2 aliphatic rings. The second kappa shape index (κ2) is 6.79. The molecule has 0 saturated carbocycles. The fraction of sp³-hybridized carbons (Fsp3) is 0.647. The van der Waals surface area contributed by atoms with Crippen LogP contribution < -0.4 is 4.74 Å². The van der Waals surface area contributed by atoms with Crippen LogP contribution in [0.5, 0.6) is 5.75 Å². The molecule has 0 bridgehead atoms. The van der Waals surface area contributed by atoms with E-state index in [9.17, 15) is 13.5 Å². The molecule has 0 spiro atoms. The predicted molar refractivity (Wildman–Crippen MR) is 89.4 cm³/mol. The molecule has 1 N–H and O–H groups in total. The summed E-state index contributed by atoms with van der Waals surface area (Å²) in [4.78, 5) is 2.17. The molecule has 0 unspecified atom stereocenters. The van der Waals surface area contributed by atoms with Crippen LogP contribution in [0.4, 0.5) is 0 Å². The molecule has 0 radical (unpaired) electrons. The number of aliphatic hydroxyl groups excluding tert-OH is 1. The molecule has 2 aliphatic heterocycles. The Morgan fingerprint density at radius 2 is 1.83 bits per heavy atom. The van der Waals surface area contributed by atoms with E-state index >= 15 is 0 Å². The molecule has 1 aromatic carbocycles. The molecule has 1 aromatic rings. The molecule has 23 heavy (non-hydrogen) atoms. The predicted octanol–water partition coefficient (Wildman–Crippen LogP) is 1.11. The van der Waals surface area contributed by atoms with E-state index in [1.807, 2.05) is 12.1 Å². The van der Waals surface area contributed by atoms with Crippen LogP contribution in [0.3, 0.4) is 0 Å². The quantitative estimate of drug-likeness (QED) is 0.890. The molecule has 128 valence electrons. The molecule has 6 heteroatoms. The molecule has 2 atom stereocenters. The molecular formula is C17H25NO4S. The lowest BCUT2D eigenvalue weighted by Gasteiger charge is -2.36. The first-order chi connectivity index (χ1) is 11.0. The molecule has 3 rings (SSSR count). The summed E-state index contributed by atoms with van der Waals surface area (Å²) >= 11 is 0. The number of hydrogen-bond donors (Lipinski definition) is 1. The Kier molecular flexibility index (Phi) is 4.94. The first kappa shape index (κ1) is 16.7. The number of piperidine rings is 1. The minimum atomic E-state index is -3.07. The van der Waals surface area contributed by atoms with Crippen LogP contribution in [-0.2, 0) is 16.3 Å². The molecule has 0 amide bonds. The van der Waals surface area contributed by atoms with Crippen molar-refractivity contribution < 1.29 is 18.3 Å². The zero-order valence-electron chi connectivity index (χ0n) is 13.5. The number of ether oxygens (including phenoxy) is 1. The van der Waals surface area contributed by atoms with Crippen LogP contribution in [0, 0.1) is 5.92 Å². The van der Waals surface area contributed by atoms with Gasteiger partial charge >= 0.3 is 0 Å². The lowest BCUT2D eigenvalue weighted by atomic mass is 9.89.